The molecule has 0 amide bonds. The maximum atomic E-state index is 4.76. The molecule has 0 unspecified atom stereocenters. The van der Waals surface area contributed by atoms with E-state index in [1.165, 1.54) is 62.3 Å². The molecule has 1 saturated carbocycles. The van der Waals surface area contributed by atoms with E-state index < -0.39 is 0 Å². The van der Waals surface area contributed by atoms with Gasteiger partial charge < -0.3 is 5.32 Å². The minimum atomic E-state index is 0.472. The summed E-state index contributed by atoms with van der Waals surface area (Å²) in [7, 11) is 0. The van der Waals surface area contributed by atoms with Crippen molar-refractivity contribution in [2.24, 2.45) is 16.3 Å². The van der Waals surface area contributed by atoms with Crippen molar-refractivity contribution in [1.82, 2.24) is 5.32 Å². The van der Waals surface area contributed by atoms with Crippen LogP contribution in [0, 0.1) is 11.3 Å². The van der Waals surface area contributed by atoms with Gasteiger partial charge in [-0.15, -0.1) is 0 Å². The number of thioether (sulfide) groups is 1. The van der Waals surface area contributed by atoms with Crippen LogP contribution < -0.4 is 5.32 Å². The topological polar surface area (TPSA) is 24.4 Å². The molecule has 0 aromatic heterocycles. The maximum Gasteiger partial charge on any atom is 0.156 e. The molecule has 2 nitrogen and oxygen atoms in total. The largest absolute Gasteiger partial charge is 0.365 e. The SMILES string of the molecule is CCC1(CC)CN=C(NCCCC2CCCC2)SC1. The maximum absolute atomic E-state index is 4.76. The number of aliphatic imine (C=N–C) groups is 1. The fourth-order valence-electron chi connectivity index (χ4n) is 3.22. The zero-order valence-electron chi connectivity index (χ0n) is 12.7. The Bertz CT molecular complexity index is 291. The molecule has 0 spiro atoms. The van der Waals surface area contributed by atoms with E-state index in [0.717, 1.165) is 19.0 Å². The van der Waals surface area contributed by atoms with E-state index in [0.29, 0.717) is 5.41 Å². The zero-order chi connectivity index (χ0) is 13.6. The lowest BCUT2D eigenvalue weighted by Gasteiger charge is -2.33. The molecule has 0 aromatic rings. The Labute approximate surface area is 123 Å². The lowest BCUT2D eigenvalue weighted by Crippen LogP contribution is -2.34. The van der Waals surface area contributed by atoms with Gasteiger partial charge in [-0.1, -0.05) is 51.3 Å². The molecular formula is C16H30N2S. The summed E-state index contributed by atoms with van der Waals surface area (Å²) in [5, 5.41) is 4.74. The fourth-order valence-corrected chi connectivity index (χ4v) is 4.52. The van der Waals surface area contributed by atoms with Gasteiger partial charge in [0.1, 0.15) is 0 Å². The Hall–Kier alpha value is -0.180. The van der Waals surface area contributed by atoms with Crippen LogP contribution in [0.15, 0.2) is 4.99 Å². The number of nitrogens with one attached hydrogen (secondary N) is 1. The first kappa shape index (κ1) is 15.2. The summed E-state index contributed by atoms with van der Waals surface area (Å²) in [5.74, 6) is 2.27. The molecule has 0 radical (unpaired) electrons. The van der Waals surface area contributed by atoms with E-state index in [-0.39, 0.29) is 0 Å². The van der Waals surface area contributed by atoms with E-state index >= 15 is 0 Å². The van der Waals surface area contributed by atoms with E-state index in [1.807, 2.05) is 11.8 Å². The van der Waals surface area contributed by atoms with Crippen molar-refractivity contribution >= 4 is 16.9 Å². The predicted molar refractivity (Wildman–Crippen MR) is 87.0 cm³/mol. The van der Waals surface area contributed by atoms with Crippen molar-refractivity contribution in [3.8, 4) is 0 Å². The van der Waals surface area contributed by atoms with Crippen LogP contribution in [0.5, 0.6) is 0 Å². The lowest BCUT2D eigenvalue weighted by molar-refractivity contribution is 0.318. The highest BCUT2D eigenvalue weighted by molar-refractivity contribution is 8.13. The molecule has 0 bridgehead atoms. The van der Waals surface area contributed by atoms with E-state index in [2.05, 4.69) is 19.2 Å². The van der Waals surface area contributed by atoms with Crippen molar-refractivity contribution in [1.29, 1.82) is 0 Å². The molecule has 1 heterocycles. The first-order valence-corrected chi connectivity index (χ1v) is 9.17. The molecule has 2 rings (SSSR count). The monoisotopic (exact) mass is 282 g/mol. The summed E-state index contributed by atoms with van der Waals surface area (Å²) in [6.07, 6.45) is 11.1. The quantitative estimate of drug-likeness (QED) is 0.728. The molecular weight excluding hydrogens is 252 g/mol. The van der Waals surface area contributed by atoms with Crippen molar-refractivity contribution in [3.63, 3.8) is 0 Å². The molecule has 3 heteroatoms. The van der Waals surface area contributed by atoms with Gasteiger partial charge in [-0.25, -0.2) is 0 Å². The Morgan fingerprint density at radius 3 is 2.58 bits per heavy atom. The number of hydrogen-bond donors (Lipinski definition) is 1. The van der Waals surface area contributed by atoms with Crippen molar-refractivity contribution in [2.75, 3.05) is 18.8 Å². The molecule has 0 saturated heterocycles. The Morgan fingerprint density at radius 2 is 2.00 bits per heavy atom. The number of nitrogens with zero attached hydrogens (tertiary/aromatic N) is 1. The smallest absolute Gasteiger partial charge is 0.156 e. The zero-order valence-corrected chi connectivity index (χ0v) is 13.5. The van der Waals surface area contributed by atoms with Crippen LogP contribution in [-0.2, 0) is 0 Å². The van der Waals surface area contributed by atoms with Crippen LogP contribution >= 0.6 is 11.8 Å². The van der Waals surface area contributed by atoms with Crippen LogP contribution in [0.25, 0.3) is 0 Å². The highest BCUT2D eigenvalue weighted by Gasteiger charge is 2.29. The molecule has 110 valence electrons. The second kappa shape index (κ2) is 7.56. The van der Waals surface area contributed by atoms with Gasteiger partial charge in [0.15, 0.2) is 5.17 Å². The van der Waals surface area contributed by atoms with Crippen LogP contribution in [-0.4, -0.2) is 24.0 Å². The standard InChI is InChI=1S/C16H30N2S/c1-3-16(4-2)12-18-15(19-13-16)17-11-7-10-14-8-5-6-9-14/h14H,3-13H2,1-2H3,(H,17,18). The summed E-state index contributed by atoms with van der Waals surface area (Å²) in [6.45, 7) is 6.75. The van der Waals surface area contributed by atoms with Crippen LogP contribution in [0.4, 0.5) is 0 Å². The number of hydrogen-bond acceptors (Lipinski definition) is 3. The normalized spacial score (nSPS) is 23.4. The third kappa shape index (κ3) is 4.40. The minimum absolute atomic E-state index is 0.472. The van der Waals surface area contributed by atoms with E-state index in [9.17, 15) is 0 Å². The van der Waals surface area contributed by atoms with Crippen molar-refractivity contribution in [3.05, 3.63) is 0 Å². The van der Waals surface area contributed by atoms with Gasteiger partial charge in [-0.05, 0) is 37.0 Å². The Kier molecular flexibility index (Phi) is 6.06. The highest BCUT2D eigenvalue weighted by atomic mass is 32.2. The van der Waals surface area contributed by atoms with Crippen molar-refractivity contribution in [2.45, 2.75) is 65.2 Å². The lowest BCUT2D eigenvalue weighted by atomic mass is 9.84. The predicted octanol–water partition coefficient (Wildman–Crippen LogP) is 4.46. The molecule has 0 aromatic carbocycles. The molecule has 0 atom stereocenters. The van der Waals surface area contributed by atoms with Gasteiger partial charge in [0, 0.05) is 18.8 Å². The Morgan fingerprint density at radius 1 is 1.26 bits per heavy atom. The Balaban J connectivity index is 1.62. The number of rotatable bonds is 6. The minimum Gasteiger partial charge on any atom is -0.365 e. The molecule has 2 aliphatic rings. The molecule has 1 N–H and O–H groups in total. The van der Waals surface area contributed by atoms with Crippen LogP contribution in [0.3, 0.4) is 0 Å². The van der Waals surface area contributed by atoms with Gasteiger partial charge in [0.25, 0.3) is 0 Å². The number of amidine groups is 1. The molecule has 1 aliphatic carbocycles. The average molecular weight is 282 g/mol. The first-order chi connectivity index (χ1) is 9.28. The molecule has 1 aliphatic heterocycles. The second-order valence-corrected chi connectivity index (χ2v) is 7.30. The van der Waals surface area contributed by atoms with Gasteiger partial charge >= 0.3 is 0 Å². The first-order valence-electron chi connectivity index (χ1n) is 8.19. The van der Waals surface area contributed by atoms with Gasteiger partial charge in [0.05, 0.1) is 0 Å². The van der Waals surface area contributed by atoms with Gasteiger partial charge in [-0.3, -0.25) is 4.99 Å². The molecule has 1 fully saturated rings. The summed E-state index contributed by atoms with van der Waals surface area (Å²) in [6, 6.07) is 0. The summed E-state index contributed by atoms with van der Waals surface area (Å²) >= 11 is 1.94. The average Bonchev–Trinajstić information content (AvgIpc) is 2.98. The van der Waals surface area contributed by atoms with E-state index in [1.54, 1.807) is 0 Å². The fraction of sp³-hybridized carbons (Fsp3) is 0.938. The summed E-state index contributed by atoms with van der Waals surface area (Å²) in [4.78, 5) is 4.76. The third-order valence-electron chi connectivity index (χ3n) is 5.11. The van der Waals surface area contributed by atoms with Crippen LogP contribution in [0.2, 0.25) is 0 Å². The highest BCUT2D eigenvalue weighted by Crippen LogP contribution is 2.34. The van der Waals surface area contributed by atoms with E-state index in [4.69, 9.17) is 4.99 Å². The van der Waals surface area contributed by atoms with Crippen LogP contribution in [0.1, 0.15) is 65.2 Å². The second-order valence-electron chi connectivity index (χ2n) is 6.34. The van der Waals surface area contributed by atoms with Gasteiger partial charge in [0.2, 0.25) is 0 Å². The summed E-state index contributed by atoms with van der Waals surface area (Å²) < 4.78 is 0. The molecule has 19 heavy (non-hydrogen) atoms. The van der Waals surface area contributed by atoms with Gasteiger partial charge in [-0.2, -0.15) is 0 Å². The summed E-state index contributed by atoms with van der Waals surface area (Å²) in [5.41, 5.74) is 0.472. The van der Waals surface area contributed by atoms with Crippen molar-refractivity contribution < 1.29 is 0 Å². The third-order valence-corrected chi connectivity index (χ3v) is 6.42.